The van der Waals surface area contributed by atoms with Gasteiger partial charge in [-0.1, -0.05) is 15.9 Å². The Morgan fingerprint density at radius 3 is 2.41 bits per heavy atom. The second-order valence-corrected chi connectivity index (χ2v) is 6.41. The third-order valence-electron chi connectivity index (χ3n) is 3.65. The minimum atomic E-state index is -1.13. The normalized spacial score (nSPS) is 10.6. The number of nitrogens with one attached hydrogen (secondary N) is 1. The first-order valence-corrected chi connectivity index (χ1v) is 8.96. The summed E-state index contributed by atoms with van der Waals surface area (Å²) in [6.07, 6.45) is 1.38. The number of methoxy groups -OCH3 is 2. The highest BCUT2D eigenvalue weighted by molar-refractivity contribution is 9.10. The predicted molar refractivity (Wildman–Crippen MR) is 109 cm³/mol. The maximum Gasteiger partial charge on any atom is 0.341 e. The Labute approximate surface area is 175 Å². The van der Waals surface area contributed by atoms with Gasteiger partial charge in [0.25, 0.3) is 5.91 Å². The minimum absolute atomic E-state index is 0.136. The number of carbonyl (C=O) groups is 2. The zero-order valence-electron chi connectivity index (χ0n) is 15.6. The summed E-state index contributed by atoms with van der Waals surface area (Å²) in [5, 5.41) is 20.8. The van der Waals surface area contributed by atoms with Gasteiger partial charge < -0.3 is 24.6 Å². The number of ether oxygens (including phenoxy) is 3. The highest BCUT2D eigenvalue weighted by Crippen LogP contribution is 2.34. The molecule has 0 spiro atoms. The first kappa shape index (κ1) is 21.8. The summed E-state index contributed by atoms with van der Waals surface area (Å²) < 4.78 is 15.9. The maximum absolute atomic E-state index is 12.4. The molecule has 2 N–H and O–H groups in total. The minimum Gasteiger partial charge on any atom is -0.497 e. The van der Waals surface area contributed by atoms with Crippen LogP contribution in [-0.4, -0.2) is 37.8 Å². The highest BCUT2D eigenvalue weighted by Gasteiger charge is 2.14. The lowest BCUT2D eigenvalue weighted by Gasteiger charge is -2.12. The van der Waals surface area contributed by atoms with Crippen LogP contribution in [0.4, 0.5) is 5.69 Å². The molecule has 0 radical (unpaired) electrons. The number of nitrogens with zero attached hydrogens (tertiary/aromatic N) is 1. The number of rotatable bonds is 8. The molecule has 9 heteroatoms. The molecule has 2 aromatic carbocycles. The van der Waals surface area contributed by atoms with Crippen LogP contribution < -0.4 is 19.5 Å². The number of carboxylic acid groups (broad SMARTS) is 1. The summed E-state index contributed by atoms with van der Waals surface area (Å²) in [4.78, 5) is 23.1. The van der Waals surface area contributed by atoms with Crippen LogP contribution in [0.1, 0.15) is 5.56 Å². The Kier molecular flexibility index (Phi) is 7.62. The number of nitriles is 1. The monoisotopic (exact) mass is 460 g/mol. The number of carboxylic acids is 1. The van der Waals surface area contributed by atoms with Gasteiger partial charge in [-0.3, -0.25) is 4.79 Å². The first-order valence-electron chi connectivity index (χ1n) is 8.17. The fourth-order valence-corrected chi connectivity index (χ4v) is 2.69. The van der Waals surface area contributed by atoms with Gasteiger partial charge in [-0.25, -0.2) is 4.79 Å². The molecule has 150 valence electrons. The molecule has 0 saturated carbocycles. The average molecular weight is 461 g/mol. The molecule has 0 heterocycles. The Morgan fingerprint density at radius 2 is 1.86 bits per heavy atom. The van der Waals surface area contributed by atoms with Crippen molar-refractivity contribution in [2.75, 3.05) is 26.1 Å². The zero-order chi connectivity index (χ0) is 21.4. The second-order valence-electron chi connectivity index (χ2n) is 5.56. The Morgan fingerprint density at radius 1 is 1.17 bits per heavy atom. The van der Waals surface area contributed by atoms with Crippen molar-refractivity contribution in [3.63, 3.8) is 0 Å². The zero-order valence-corrected chi connectivity index (χ0v) is 17.1. The van der Waals surface area contributed by atoms with E-state index in [1.165, 1.54) is 32.4 Å². The smallest absolute Gasteiger partial charge is 0.341 e. The van der Waals surface area contributed by atoms with Gasteiger partial charge in [-0.15, -0.1) is 0 Å². The fourth-order valence-electron chi connectivity index (χ4n) is 2.25. The van der Waals surface area contributed by atoms with Gasteiger partial charge in [-0.2, -0.15) is 5.26 Å². The van der Waals surface area contributed by atoms with Crippen LogP contribution in [0.3, 0.4) is 0 Å². The van der Waals surface area contributed by atoms with E-state index in [4.69, 9.17) is 19.3 Å². The van der Waals surface area contributed by atoms with Gasteiger partial charge in [0.2, 0.25) is 0 Å². The average Bonchev–Trinajstić information content (AvgIpc) is 2.71. The van der Waals surface area contributed by atoms with Crippen molar-refractivity contribution in [3.05, 3.63) is 52.0 Å². The summed E-state index contributed by atoms with van der Waals surface area (Å²) in [6, 6.07) is 11.6. The van der Waals surface area contributed by atoms with E-state index in [-0.39, 0.29) is 17.1 Å². The van der Waals surface area contributed by atoms with Crippen molar-refractivity contribution < 1.29 is 28.9 Å². The second kappa shape index (κ2) is 10.1. The number of hydrogen-bond acceptors (Lipinski definition) is 6. The fraction of sp³-hybridized carbons (Fsp3) is 0.150. The highest BCUT2D eigenvalue weighted by atomic mass is 79.9. The lowest BCUT2D eigenvalue weighted by molar-refractivity contribution is -0.139. The number of benzene rings is 2. The maximum atomic E-state index is 12.4. The Bertz CT molecular complexity index is 980. The number of anilines is 1. The van der Waals surface area contributed by atoms with Gasteiger partial charge in [0.15, 0.2) is 18.1 Å². The van der Waals surface area contributed by atoms with E-state index < -0.39 is 18.5 Å². The van der Waals surface area contributed by atoms with Crippen molar-refractivity contribution in [2.45, 2.75) is 0 Å². The summed E-state index contributed by atoms with van der Waals surface area (Å²) in [7, 11) is 2.93. The van der Waals surface area contributed by atoms with Crippen LogP contribution in [0.5, 0.6) is 17.2 Å². The van der Waals surface area contributed by atoms with E-state index in [2.05, 4.69) is 21.2 Å². The molecule has 0 atom stereocenters. The quantitative estimate of drug-likeness (QED) is 0.457. The van der Waals surface area contributed by atoms with Gasteiger partial charge in [0.05, 0.1) is 14.2 Å². The number of hydrogen-bond donors (Lipinski definition) is 2. The molecule has 2 rings (SSSR count). The third kappa shape index (κ3) is 5.99. The molecule has 0 aromatic heterocycles. The van der Waals surface area contributed by atoms with Crippen molar-refractivity contribution in [3.8, 4) is 23.3 Å². The Hall–Kier alpha value is -3.51. The van der Waals surface area contributed by atoms with E-state index in [1.807, 2.05) is 6.07 Å². The molecule has 29 heavy (non-hydrogen) atoms. The van der Waals surface area contributed by atoms with Crippen molar-refractivity contribution in [1.82, 2.24) is 0 Å². The molecule has 0 aliphatic heterocycles. The van der Waals surface area contributed by atoms with Crippen LogP contribution in [0.25, 0.3) is 6.08 Å². The Balaban J connectivity index is 2.27. The first-order chi connectivity index (χ1) is 13.9. The van der Waals surface area contributed by atoms with Crippen LogP contribution >= 0.6 is 15.9 Å². The summed E-state index contributed by atoms with van der Waals surface area (Å²) in [5.74, 6) is -0.613. The third-order valence-corrected chi connectivity index (χ3v) is 4.33. The summed E-state index contributed by atoms with van der Waals surface area (Å²) >= 11 is 3.32. The van der Waals surface area contributed by atoms with Gasteiger partial charge in [0.1, 0.15) is 17.4 Å². The van der Waals surface area contributed by atoms with Crippen molar-refractivity contribution >= 4 is 39.6 Å². The molecule has 2 aromatic rings. The lowest BCUT2D eigenvalue weighted by atomic mass is 10.1. The largest absolute Gasteiger partial charge is 0.497 e. The lowest BCUT2D eigenvalue weighted by Crippen LogP contribution is -2.13. The van der Waals surface area contributed by atoms with Crippen LogP contribution in [0.15, 0.2) is 46.4 Å². The standard InChI is InChI=1S/C20H17BrN2O6/c1-27-15-5-3-14(4-6-15)23-20(26)13(10-22)7-12-8-17(28-2)18(9-16(12)21)29-11-19(24)25/h3-9H,11H2,1-2H3,(H,23,26)(H,24,25)/b13-7-. The van der Waals surface area contributed by atoms with Crippen LogP contribution in [0.2, 0.25) is 0 Å². The van der Waals surface area contributed by atoms with Crippen molar-refractivity contribution in [1.29, 1.82) is 5.26 Å². The van der Waals surface area contributed by atoms with E-state index in [0.29, 0.717) is 21.5 Å². The van der Waals surface area contributed by atoms with E-state index >= 15 is 0 Å². The van der Waals surface area contributed by atoms with E-state index in [0.717, 1.165) is 0 Å². The van der Waals surface area contributed by atoms with Gasteiger partial charge in [0, 0.05) is 10.2 Å². The number of halogens is 1. The van der Waals surface area contributed by atoms with Gasteiger partial charge >= 0.3 is 5.97 Å². The van der Waals surface area contributed by atoms with Crippen molar-refractivity contribution in [2.24, 2.45) is 0 Å². The van der Waals surface area contributed by atoms with Gasteiger partial charge in [-0.05, 0) is 48.0 Å². The molecule has 0 unspecified atom stereocenters. The molecule has 0 saturated heterocycles. The molecule has 0 aliphatic carbocycles. The SMILES string of the molecule is COc1ccc(NC(=O)/C(C#N)=C\c2cc(OC)c(OCC(=O)O)cc2Br)cc1. The molecule has 0 fully saturated rings. The van der Waals surface area contributed by atoms with E-state index in [1.54, 1.807) is 24.3 Å². The topological polar surface area (TPSA) is 118 Å². The number of aliphatic carboxylic acids is 1. The predicted octanol–water partition coefficient (Wildman–Crippen LogP) is 3.48. The summed E-state index contributed by atoms with van der Waals surface area (Å²) in [5.41, 5.74) is 0.847. The molecular formula is C20H17BrN2O6. The van der Waals surface area contributed by atoms with E-state index in [9.17, 15) is 14.9 Å². The number of amides is 1. The molecular weight excluding hydrogens is 444 g/mol. The summed E-state index contributed by atoms with van der Waals surface area (Å²) in [6.45, 7) is -0.536. The number of carbonyl (C=O) groups excluding carboxylic acids is 1. The molecule has 1 amide bonds. The van der Waals surface area contributed by atoms with Crippen LogP contribution in [0, 0.1) is 11.3 Å². The van der Waals surface area contributed by atoms with Crippen LogP contribution in [-0.2, 0) is 9.59 Å². The molecule has 0 bridgehead atoms. The molecule has 0 aliphatic rings. The molecule has 8 nitrogen and oxygen atoms in total.